The number of fused-ring (bicyclic) bond motifs is 1. The zero-order valence-corrected chi connectivity index (χ0v) is 12.3. The van der Waals surface area contributed by atoms with E-state index in [1.807, 2.05) is 37.3 Å². The van der Waals surface area contributed by atoms with Gasteiger partial charge in [0.15, 0.2) is 6.17 Å². The van der Waals surface area contributed by atoms with Gasteiger partial charge in [0.2, 0.25) is 0 Å². The topological polar surface area (TPSA) is 83.4 Å². The summed E-state index contributed by atoms with van der Waals surface area (Å²) in [6.07, 6.45) is -0.499. The maximum atomic E-state index is 12.1. The van der Waals surface area contributed by atoms with Crippen LogP contribution in [0.15, 0.2) is 40.4 Å². The summed E-state index contributed by atoms with van der Waals surface area (Å²) in [7, 11) is 1.28. The van der Waals surface area contributed by atoms with E-state index >= 15 is 0 Å². The molecule has 0 unspecified atom stereocenters. The van der Waals surface area contributed by atoms with Crippen molar-refractivity contribution in [1.82, 2.24) is 5.32 Å². The number of methoxy groups -OCH3 is 1. The van der Waals surface area contributed by atoms with Gasteiger partial charge in [-0.2, -0.15) is 5.10 Å². The first-order valence-corrected chi connectivity index (χ1v) is 6.94. The van der Waals surface area contributed by atoms with Crippen LogP contribution >= 0.6 is 0 Å². The average molecular weight is 300 g/mol. The number of nitrogens with one attached hydrogen (secondary N) is 1. The Morgan fingerprint density at radius 1 is 1.36 bits per heavy atom. The molecule has 0 aliphatic carbocycles. The van der Waals surface area contributed by atoms with E-state index in [1.54, 1.807) is 5.01 Å². The number of esters is 1. The number of nitrogens with zero attached hydrogens (tertiary/aromatic N) is 3. The minimum Gasteiger partial charge on any atom is -0.469 e. The number of hydrogen-bond acceptors (Lipinski definition) is 6. The van der Waals surface area contributed by atoms with Crippen molar-refractivity contribution in [2.75, 3.05) is 12.1 Å². The van der Waals surface area contributed by atoms with E-state index in [1.165, 1.54) is 7.11 Å². The van der Waals surface area contributed by atoms with Crippen molar-refractivity contribution in [1.29, 1.82) is 0 Å². The first-order valence-electron chi connectivity index (χ1n) is 6.94. The fraction of sp³-hybridized carbons (Fsp3) is 0.333. The number of hydrazone groups is 1. The van der Waals surface area contributed by atoms with E-state index in [0.29, 0.717) is 0 Å². The summed E-state index contributed by atoms with van der Waals surface area (Å²) in [6.45, 7) is 1.86. The van der Waals surface area contributed by atoms with Crippen molar-refractivity contribution < 1.29 is 14.3 Å². The predicted molar refractivity (Wildman–Crippen MR) is 81.8 cm³/mol. The molecule has 1 amide bonds. The standard InChI is InChI=1S/C15H16N4O3/c1-9-13-14(19(18-9)10-6-4-3-5-7-10)17-15(21)11(16-13)8-12(20)22-2/h3-7,13-14H,8H2,1-2H3,(H,17,21)/t13-,14+/m0/s1. The van der Waals surface area contributed by atoms with Crippen molar-refractivity contribution in [3.8, 4) is 0 Å². The Morgan fingerprint density at radius 3 is 2.77 bits per heavy atom. The molecule has 1 N–H and O–H groups in total. The van der Waals surface area contributed by atoms with Crippen molar-refractivity contribution in [3.05, 3.63) is 30.3 Å². The van der Waals surface area contributed by atoms with Gasteiger partial charge < -0.3 is 10.1 Å². The molecule has 1 aromatic carbocycles. The second kappa shape index (κ2) is 5.59. The number of ether oxygens (including phenoxy) is 1. The Balaban J connectivity index is 1.88. The Hall–Kier alpha value is -2.70. The highest BCUT2D eigenvalue weighted by molar-refractivity contribution is 6.42. The number of amides is 1. The minimum atomic E-state index is -0.486. The van der Waals surface area contributed by atoms with E-state index in [2.05, 4.69) is 20.1 Å². The average Bonchev–Trinajstić information content (AvgIpc) is 2.85. The third-order valence-electron chi connectivity index (χ3n) is 3.65. The third kappa shape index (κ3) is 2.45. The molecule has 2 heterocycles. The van der Waals surface area contributed by atoms with E-state index in [-0.39, 0.29) is 30.2 Å². The number of para-hydroxylation sites is 1. The van der Waals surface area contributed by atoms with E-state index in [9.17, 15) is 9.59 Å². The molecule has 0 fully saturated rings. The molecule has 0 spiro atoms. The molecule has 0 bridgehead atoms. The molecule has 7 heteroatoms. The van der Waals surface area contributed by atoms with Gasteiger partial charge in [-0.3, -0.25) is 14.6 Å². The Kier molecular flexibility index (Phi) is 3.62. The molecule has 7 nitrogen and oxygen atoms in total. The summed E-state index contributed by atoms with van der Waals surface area (Å²) in [5.74, 6) is -0.850. The fourth-order valence-electron chi connectivity index (χ4n) is 2.54. The summed E-state index contributed by atoms with van der Waals surface area (Å²) in [4.78, 5) is 27.9. The monoisotopic (exact) mass is 300 g/mol. The van der Waals surface area contributed by atoms with Crippen LogP contribution in [-0.2, 0) is 14.3 Å². The normalized spacial score (nSPS) is 23.4. The summed E-state index contributed by atoms with van der Waals surface area (Å²) >= 11 is 0. The molecule has 2 atom stereocenters. The number of rotatable bonds is 3. The van der Waals surface area contributed by atoms with Crippen molar-refractivity contribution >= 4 is 29.0 Å². The van der Waals surface area contributed by atoms with E-state index in [0.717, 1.165) is 11.4 Å². The van der Waals surface area contributed by atoms with Crippen LogP contribution in [0.25, 0.3) is 0 Å². The van der Waals surface area contributed by atoms with Gasteiger partial charge in [-0.25, -0.2) is 5.01 Å². The Morgan fingerprint density at radius 2 is 2.09 bits per heavy atom. The van der Waals surface area contributed by atoms with Crippen LogP contribution in [0.1, 0.15) is 13.3 Å². The first kappa shape index (κ1) is 14.2. The molecule has 2 aliphatic heterocycles. The quantitative estimate of drug-likeness (QED) is 0.833. The van der Waals surface area contributed by atoms with Gasteiger partial charge in [0, 0.05) is 0 Å². The molecule has 114 valence electrons. The van der Waals surface area contributed by atoms with Crippen LogP contribution in [0, 0.1) is 0 Å². The van der Waals surface area contributed by atoms with Gasteiger partial charge in [0.05, 0.1) is 24.9 Å². The number of carbonyl (C=O) groups is 2. The SMILES string of the molecule is COC(=O)CC1=N[C@H]2C(C)=NN(c3ccccc3)[C@H]2NC1=O. The Bertz CT molecular complexity index is 669. The molecular formula is C15H16N4O3. The van der Waals surface area contributed by atoms with Gasteiger partial charge in [-0.15, -0.1) is 0 Å². The number of carbonyl (C=O) groups excluding carboxylic acids is 2. The molecule has 0 aromatic heterocycles. The van der Waals surface area contributed by atoms with Crippen LogP contribution in [0.3, 0.4) is 0 Å². The van der Waals surface area contributed by atoms with Crippen LogP contribution in [0.5, 0.6) is 0 Å². The second-order valence-corrected chi connectivity index (χ2v) is 5.11. The summed E-state index contributed by atoms with van der Waals surface area (Å²) in [5, 5.41) is 9.10. The van der Waals surface area contributed by atoms with Gasteiger partial charge in [0.1, 0.15) is 11.8 Å². The van der Waals surface area contributed by atoms with Crippen molar-refractivity contribution in [2.24, 2.45) is 10.1 Å². The number of anilines is 1. The highest BCUT2D eigenvalue weighted by Gasteiger charge is 2.41. The van der Waals surface area contributed by atoms with Crippen LogP contribution < -0.4 is 10.3 Å². The van der Waals surface area contributed by atoms with Crippen LogP contribution in [0.2, 0.25) is 0 Å². The molecule has 2 aliphatic rings. The molecule has 22 heavy (non-hydrogen) atoms. The molecule has 3 rings (SSSR count). The highest BCUT2D eigenvalue weighted by atomic mass is 16.5. The maximum absolute atomic E-state index is 12.1. The largest absolute Gasteiger partial charge is 0.469 e. The van der Waals surface area contributed by atoms with Crippen molar-refractivity contribution in [3.63, 3.8) is 0 Å². The Labute approximate surface area is 127 Å². The molecule has 0 radical (unpaired) electrons. The van der Waals surface area contributed by atoms with E-state index in [4.69, 9.17) is 0 Å². The lowest BCUT2D eigenvalue weighted by Gasteiger charge is -2.30. The molecule has 1 aromatic rings. The number of benzene rings is 1. The lowest BCUT2D eigenvalue weighted by atomic mass is 10.1. The summed E-state index contributed by atoms with van der Waals surface area (Å²) in [5.41, 5.74) is 1.84. The zero-order chi connectivity index (χ0) is 15.7. The van der Waals surface area contributed by atoms with Crippen LogP contribution in [-0.4, -0.2) is 42.6 Å². The van der Waals surface area contributed by atoms with E-state index < -0.39 is 5.97 Å². The predicted octanol–water partition coefficient (Wildman–Crippen LogP) is 0.711. The fourth-order valence-corrected chi connectivity index (χ4v) is 2.54. The second-order valence-electron chi connectivity index (χ2n) is 5.11. The first-order chi connectivity index (χ1) is 10.6. The van der Waals surface area contributed by atoms with Gasteiger partial charge >= 0.3 is 5.97 Å². The minimum absolute atomic E-state index is 0.135. The maximum Gasteiger partial charge on any atom is 0.311 e. The summed E-state index contributed by atoms with van der Waals surface area (Å²) in [6, 6.07) is 9.27. The third-order valence-corrected chi connectivity index (χ3v) is 3.65. The molecular weight excluding hydrogens is 284 g/mol. The van der Waals surface area contributed by atoms with Crippen LogP contribution in [0.4, 0.5) is 5.69 Å². The lowest BCUT2D eigenvalue weighted by Crippen LogP contribution is -2.56. The molecule has 0 saturated heterocycles. The zero-order valence-electron chi connectivity index (χ0n) is 12.3. The lowest BCUT2D eigenvalue weighted by molar-refractivity contribution is -0.139. The smallest absolute Gasteiger partial charge is 0.311 e. The summed E-state index contributed by atoms with van der Waals surface area (Å²) < 4.78 is 4.59. The van der Waals surface area contributed by atoms with Gasteiger partial charge in [0.25, 0.3) is 5.91 Å². The highest BCUT2D eigenvalue weighted by Crippen LogP contribution is 2.26. The van der Waals surface area contributed by atoms with Gasteiger partial charge in [-0.05, 0) is 19.1 Å². The van der Waals surface area contributed by atoms with Crippen molar-refractivity contribution in [2.45, 2.75) is 25.6 Å². The number of aliphatic imine (C=N–C) groups is 1. The van der Waals surface area contributed by atoms with Gasteiger partial charge in [-0.1, -0.05) is 18.2 Å². The number of hydrogen-bond donors (Lipinski definition) is 1. The molecule has 0 saturated carbocycles.